The van der Waals surface area contributed by atoms with Crippen LogP contribution >= 0.6 is 12.4 Å². The van der Waals surface area contributed by atoms with Gasteiger partial charge < -0.3 is 10.6 Å². The van der Waals surface area contributed by atoms with Crippen molar-refractivity contribution in [3.63, 3.8) is 0 Å². The van der Waals surface area contributed by atoms with Crippen LogP contribution in [0.1, 0.15) is 24.1 Å². The number of benzene rings is 2. The van der Waals surface area contributed by atoms with Crippen LogP contribution in [0.4, 0.5) is 4.39 Å². The van der Waals surface area contributed by atoms with E-state index in [1.807, 2.05) is 37.3 Å². The number of halogens is 2. The second-order valence-electron chi connectivity index (χ2n) is 5.55. The lowest BCUT2D eigenvalue weighted by Gasteiger charge is -2.25. The number of hydrogen-bond donors (Lipinski definition) is 1. The average molecular weight is 337 g/mol. The van der Waals surface area contributed by atoms with Crippen LogP contribution in [0.3, 0.4) is 0 Å². The molecule has 0 saturated carbocycles. The molecule has 1 amide bonds. The van der Waals surface area contributed by atoms with Crippen LogP contribution in [0.5, 0.6) is 0 Å². The Labute approximate surface area is 142 Å². The predicted molar refractivity (Wildman–Crippen MR) is 92.7 cm³/mol. The summed E-state index contributed by atoms with van der Waals surface area (Å²) in [4.78, 5) is 14.1. The van der Waals surface area contributed by atoms with E-state index in [0.717, 1.165) is 11.1 Å². The molecule has 2 atom stereocenters. The molecular formula is C18H22ClFN2O. The topological polar surface area (TPSA) is 46.3 Å². The summed E-state index contributed by atoms with van der Waals surface area (Å²) in [6.07, 6.45) is 0. The molecule has 2 aromatic carbocycles. The normalized spacial score (nSPS) is 12.9. The van der Waals surface area contributed by atoms with E-state index in [4.69, 9.17) is 5.73 Å². The van der Waals surface area contributed by atoms with Gasteiger partial charge in [-0.05, 0) is 23.3 Å². The molecule has 2 unspecified atom stereocenters. The first kappa shape index (κ1) is 19.1. The monoisotopic (exact) mass is 336 g/mol. The van der Waals surface area contributed by atoms with Crippen molar-refractivity contribution in [2.75, 3.05) is 7.05 Å². The van der Waals surface area contributed by atoms with E-state index in [1.54, 1.807) is 24.1 Å². The highest BCUT2D eigenvalue weighted by molar-refractivity contribution is 5.85. The zero-order chi connectivity index (χ0) is 16.1. The van der Waals surface area contributed by atoms with E-state index in [9.17, 15) is 9.18 Å². The minimum Gasteiger partial charge on any atom is -0.341 e. The number of hydrogen-bond acceptors (Lipinski definition) is 2. The Hall–Kier alpha value is -1.91. The van der Waals surface area contributed by atoms with Gasteiger partial charge in [0.2, 0.25) is 5.91 Å². The van der Waals surface area contributed by atoms with Crippen molar-refractivity contribution < 1.29 is 9.18 Å². The summed E-state index contributed by atoms with van der Waals surface area (Å²) in [6, 6.07) is 15.5. The van der Waals surface area contributed by atoms with Crippen molar-refractivity contribution in [1.29, 1.82) is 0 Å². The highest BCUT2D eigenvalue weighted by Gasteiger charge is 2.24. The molecule has 2 aromatic rings. The molecule has 5 heteroatoms. The van der Waals surface area contributed by atoms with Gasteiger partial charge in [-0.1, -0.05) is 49.4 Å². The Morgan fingerprint density at radius 3 is 2.43 bits per heavy atom. The third-order valence-corrected chi connectivity index (χ3v) is 3.80. The molecule has 2 rings (SSSR count). The van der Waals surface area contributed by atoms with Crippen molar-refractivity contribution in [3.05, 3.63) is 71.5 Å². The molecule has 0 spiro atoms. The van der Waals surface area contributed by atoms with E-state index >= 15 is 0 Å². The van der Waals surface area contributed by atoms with Gasteiger partial charge in [0.25, 0.3) is 0 Å². The SMILES string of the molecule is CC(C(=O)N(C)Cc1cccc(F)c1)C(N)c1ccccc1.Cl. The molecule has 0 aliphatic rings. The van der Waals surface area contributed by atoms with E-state index < -0.39 is 0 Å². The molecule has 0 heterocycles. The van der Waals surface area contributed by atoms with Crippen LogP contribution < -0.4 is 5.73 Å². The summed E-state index contributed by atoms with van der Waals surface area (Å²) in [5, 5.41) is 0. The standard InChI is InChI=1S/C18H21FN2O.ClH/c1-13(17(20)15-8-4-3-5-9-15)18(22)21(2)12-14-7-6-10-16(19)11-14;/h3-11,13,17H,12,20H2,1-2H3;1H. The highest BCUT2D eigenvalue weighted by atomic mass is 35.5. The number of nitrogens with two attached hydrogens (primary N) is 1. The maximum Gasteiger partial charge on any atom is 0.227 e. The van der Waals surface area contributed by atoms with Crippen LogP contribution in [0.2, 0.25) is 0 Å². The lowest BCUT2D eigenvalue weighted by Crippen LogP contribution is -2.36. The molecule has 2 N–H and O–H groups in total. The zero-order valence-electron chi connectivity index (χ0n) is 13.3. The van der Waals surface area contributed by atoms with Gasteiger partial charge >= 0.3 is 0 Å². The van der Waals surface area contributed by atoms with Crippen molar-refractivity contribution in [1.82, 2.24) is 4.90 Å². The van der Waals surface area contributed by atoms with Gasteiger partial charge in [0.15, 0.2) is 0 Å². The first-order valence-corrected chi connectivity index (χ1v) is 7.29. The number of rotatable bonds is 5. The summed E-state index contributed by atoms with van der Waals surface area (Å²) in [7, 11) is 1.71. The largest absolute Gasteiger partial charge is 0.341 e. The van der Waals surface area contributed by atoms with E-state index in [1.165, 1.54) is 12.1 Å². The molecule has 0 saturated heterocycles. The molecule has 0 radical (unpaired) electrons. The summed E-state index contributed by atoms with van der Waals surface area (Å²) < 4.78 is 13.2. The minimum absolute atomic E-state index is 0. The second-order valence-corrected chi connectivity index (χ2v) is 5.55. The van der Waals surface area contributed by atoms with Gasteiger partial charge in [-0.25, -0.2) is 4.39 Å². The first-order chi connectivity index (χ1) is 10.5. The Balaban J connectivity index is 0.00000264. The van der Waals surface area contributed by atoms with Crippen molar-refractivity contribution in [3.8, 4) is 0 Å². The fourth-order valence-electron chi connectivity index (χ4n) is 2.45. The van der Waals surface area contributed by atoms with Gasteiger partial charge in [0, 0.05) is 19.6 Å². The number of carbonyl (C=O) groups excluding carboxylic acids is 1. The molecule has 3 nitrogen and oxygen atoms in total. The van der Waals surface area contributed by atoms with Gasteiger partial charge in [-0.3, -0.25) is 4.79 Å². The molecule has 0 fully saturated rings. The molecule has 0 aliphatic heterocycles. The van der Waals surface area contributed by atoms with Crippen LogP contribution in [0, 0.1) is 11.7 Å². The number of amides is 1. The Bertz CT molecular complexity index is 636. The van der Waals surface area contributed by atoms with E-state index in [0.29, 0.717) is 6.54 Å². The lowest BCUT2D eigenvalue weighted by molar-refractivity contribution is -0.134. The summed E-state index contributed by atoms with van der Waals surface area (Å²) in [5.74, 6) is -0.700. The molecule has 0 aliphatic carbocycles. The number of nitrogens with zero attached hydrogens (tertiary/aromatic N) is 1. The van der Waals surface area contributed by atoms with Crippen molar-refractivity contribution in [2.45, 2.75) is 19.5 Å². The predicted octanol–water partition coefficient (Wildman–Crippen LogP) is 3.54. The zero-order valence-corrected chi connectivity index (χ0v) is 14.1. The van der Waals surface area contributed by atoms with Gasteiger partial charge in [-0.2, -0.15) is 0 Å². The van der Waals surface area contributed by atoms with Crippen LogP contribution in [-0.4, -0.2) is 17.9 Å². The molecule has 23 heavy (non-hydrogen) atoms. The molecular weight excluding hydrogens is 315 g/mol. The van der Waals surface area contributed by atoms with Gasteiger partial charge in [-0.15, -0.1) is 12.4 Å². The Morgan fingerprint density at radius 2 is 1.83 bits per heavy atom. The van der Waals surface area contributed by atoms with E-state index in [-0.39, 0.29) is 36.1 Å². The van der Waals surface area contributed by atoms with Crippen LogP contribution in [0.15, 0.2) is 54.6 Å². The Kier molecular flexibility index (Phi) is 7.20. The summed E-state index contributed by atoms with van der Waals surface area (Å²) >= 11 is 0. The molecule has 0 aromatic heterocycles. The van der Waals surface area contributed by atoms with Crippen molar-refractivity contribution in [2.24, 2.45) is 11.7 Å². The first-order valence-electron chi connectivity index (χ1n) is 7.29. The van der Waals surface area contributed by atoms with Crippen LogP contribution in [0.25, 0.3) is 0 Å². The van der Waals surface area contributed by atoms with E-state index in [2.05, 4.69) is 0 Å². The Morgan fingerprint density at radius 1 is 1.17 bits per heavy atom. The smallest absolute Gasteiger partial charge is 0.227 e. The van der Waals surface area contributed by atoms with Gasteiger partial charge in [0.1, 0.15) is 5.82 Å². The summed E-state index contributed by atoms with van der Waals surface area (Å²) in [6.45, 7) is 2.19. The lowest BCUT2D eigenvalue weighted by atomic mass is 9.94. The maximum absolute atomic E-state index is 13.2. The van der Waals surface area contributed by atoms with Crippen LogP contribution in [-0.2, 0) is 11.3 Å². The third-order valence-electron chi connectivity index (χ3n) is 3.80. The van der Waals surface area contributed by atoms with Gasteiger partial charge in [0.05, 0.1) is 5.92 Å². The number of carbonyl (C=O) groups is 1. The summed E-state index contributed by atoms with van der Waals surface area (Å²) in [5.41, 5.74) is 7.88. The second kappa shape index (κ2) is 8.65. The minimum atomic E-state index is -0.358. The van der Waals surface area contributed by atoms with Crippen molar-refractivity contribution >= 4 is 18.3 Å². The fourth-order valence-corrected chi connectivity index (χ4v) is 2.45. The maximum atomic E-state index is 13.2. The third kappa shape index (κ3) is 5.05. The fraction of sp³-hybridized carbons (Fsp3) is 0.278. The quantitative estimate of drug-likeness (QED) is 0.907. The average Bonchev–Trinajstić information content (AvgIpc) is 2.53. The molecule has 0 bridgehead atoms. The highest BCUT2D eigenvalue weighted by Crippen LogP contribution is 2.21. The molecule has 124 valence electrons.